The lowest BCUT2D eigenvalue weighted by molar-refractivity contribution is -0.139. The minimum atomic E-state index is -0.128. The normalized spacial score (nSPS) is 21.5. The highest BCUT2D eigenvalue weighted by Crippen LogP contribution is 2.28. The summed E-state index contributed by atoms with van der Waals surface area (Å²) in [6.07, 6.45) is 2.26. The van der Waals surface area contributed by atoms with Crippen molar-refractivity contribution in [2.45, 2.75) is 45.6 Å². The third kappa shape index (κ3) is 4.42. The van der Waals surface area contributed by atoms with Crippen molar-refractivity contribution in [2.24, 2.45) is 5.92 Å². The standard InChI is InChI=1S/C21H33N3O/c1-16(2)18-4-6-19(7-5-18)20(23-14-10-22-11-15-23)21(25)24-12-8-17(3)9-13-24/h4-7,16-17,20,22H,8-15H2,1-3H3. The van der Waals surface area contributed by atoms with Crippen LogP contribution < -0.4 is 5.32 Å². The molecule has 2 saturated heterocycles. The number of nitrogens with one attached hydrogen (secondary N) is 1. The number of hydrogen-bond acceptors (Lipinski definition) is 3. The van der Waals surface area contributed by atoms with E-state index in [2.05, 4.69) is 60.2 Å². The summed E-state index contributed by atoms with van der Waals surface area (Å²) >= 11 is 0. The van der Waals surface area contributed by atoms with Gasteiger partial charge in [0.2, 0.25) is 5.91 Å². The van der Waals surface area contributed by atoms with E-state index in [4.69, 9.17) is 0 Å². The highest BCUT2D eigenvalue weighted by molar-refractivity contribution is 5.83. The molecule has 0 radical (unpaired) electrons. The fourth-order valence-electron chi connectivity index (χ4n) is 3.92. The minimum Gasteiger partial charge on any atom is -0.341 e. The van der Waals surface area contributed by atoms with Crippen LogP contribution in [-0.4, -0.2) is 55.0 Å². The zero-order valence-corrected chi connectivity index (χ0v) is 16.0. The molecule has 1 atom stereocenters. The fraction of sp³-hybridized carbons (Fsp3) is 0.667. The molecule has 1 N–H and O–H groups in total. The number of piperidine rings is 1. The Morgan fingerprint density at radius 1 is 1.00 bits per heavy atom. The van der Waals surface area contributed by atoms with Gasteiger partial charge in [0.05, 0.1) is 0 Å². The van der Waals surface area contributed by atoms with Gasteiger partial charge in [0.1, 0.15) is 6.04 Å². The van der Waals surface area contributed by atoms with Gasteiger partial charge in [-0.3, -0.25) is 9.69 Å². The van der Waals surface area contributed by atoms with Crippen molar-refractivity contribution < 1.29 is 4.79 Å². The number of amides is 1. The Kier molecular flexibility index (Phi) is 6.13. The molecule has 0 aromatic heterocycles. The molecule has 1 unspecified atom stereocenters. The number of hydrogen-bond donors (Lipinski definition) is 1. The van der Waals surface area contributed by atoms with E-state index in [9.17, 15) is 4.79 Å². The number of rotatable bonds is 4. The maximum Gasteiger partial charge on any atom is 0.244 e. The molecule has 1 aromatic rings. The molecule has 0 saturated carbocycles. The van der Waals surface area contributed by atoms with Crippen LogP contribution in [0.2, 0.25) is 0 Å². The molecule has 3 rings (SSSR count). The van der Waals surface area contributed by atoms with Crippen molar-refractivity contribution in [1.29, 1.82) is 0 Å². The quantitative estimate of drug-likeness (QED) is 0.913. The second-order valence-corrected chi connectivity index (χ2v) is 8.02. The molecular formula is C21H33N3O. The van der Waals surface area contributed by atoms with Crippen LogP contribution in [0.25, 0.3) is 0 Å². The van der Waals surface area contributed by atoms with Crippen molar-refractivity contribution >= 4 is 5.91 Å². The molecule has 4 heteroatoms. The van der Waals surface area contributed by atoms with Crippen LogP contribution in [-0.2, 0) is 4.79 Å². The molecule has 0 bridgehead atoms. The highest BCUT2D eigenvalue weighted by Gasteiger charge is 2.33. The first-order chi connectivity index (χ1) is 12.1. The first-order valence-corrected chi connectivity index (χ1v) is 9.89. The van der Waals surface area contributed by atoms with Gasteiger partial charge in [0, 0.05) is 39.3 Å². The Bertz CT molecular complexity index is 555. The van der Waals surface area contributed by atoms with Crippen LogP contribution in [0.15, 0.2) is 24.3 Å². The molecule has 2 aliphatic rings. The van der Waals surface area contributed by atoms with Gasteiger partial charge in [-0.25, -0.2) is 0 Å². The fourth-order valence-corrected chi connectivity index (χ4v) is 3.92. The maximum atomic E-state index is 13.4. The van der Waals surface area contributed by atoms with E-state index in [-0.39, 0.29) is 6.04 Å². The average Bonchev–Trinajstić information content (AvgIpc) is 2.64. The third-order valence-electron chi connectivity index (χ3n) is 5.76. The Hall–Kier alpha value is -1.39. The van der Waals surface area contributed by atoms with Crippen molar-refractivity contribution in [1.82, 2.24) is 15.1 Å². The molecule has 4 nitrogen and oxygen atoms in total. The van der Waals surface area contributed by atoms with E-state index < -0.39 is 0 Å². The van der Waals surface area contributed by atoms with E-state index in [1.807, 2.05) is 0 Å². The van der Waals surface area contributed by atoms with Gasteiger partial charge in [0.25, 0.3) is 0 Å². The predicted molar refractivity (Wildman–Crippen MR) is 103 cm³/mol. The van der Waals surface area contributed by atoms with Gasteiger partial charge in [-0.15, -0.1) is 0 Å². The molecule has 2 aliphatic heterocycles. The largest absolute Gasteiger partial charge is 0.341 e. The number of carbonyl (C=O) groups excluding carboxylic acids is 1. The van der Waals surface area contributed by atoms with Crippen LogP contribution in [0.4, 0.5) is 0 Å². The molecule has 2 fully saturated rings. The number of likely N-dealkylation sites (tertiary alicyclic amines) is 1. The zero-order valence-electron chi connectivity index (χ0n) is 16.0. The van der Waals surface area contributed by atoms with Crippen molar-refractivity contribution in [3.8, 4) is 0 Å². The molecule has 1 aromatic carbocycles. The van der Waals surface area contributed by atoms with Gasteiger partial charge in [-0.1, -0.05) is 45.0 Å². The highest BCUT2D eigenvalue weighted by atomic mass is 16.2. The molecule has 0 aliphatic carbocycles. The Morgan fingerprint density at radius 2 is 1.56 bits per heavy atom. The second kappa shape index (κ2) is 8.33. The third-order valence-corrected chi connectivity index (χ3v) is 5.76. The number of nitrogens with zero attached hydrogens (tertiary/aromatic N) is 2. The first kappa shape index (κ1) is 18.4. The van der Waals surface area contributed by atoms with E-state index >= 15 is 0 Å². The van der Waals surface area contributed by atoms with Gasteiger partial charge in [-0.2, -0.15) is 0 Å². The summed E-state index contributed by atoms with van der Waals surface area (Å²) in [6, 6.07) is 8.61. The van der Waals surface area contributed by atoms with Gasteiger partial charge >= 0.3 is 0 Å². The summed E-state index contributed by atoms with van der Waals surface area (Å²) in [6.45, 7) is 12.3. The molecule has 138 valence electrons. The van der Waals surface area contributed by atoms with E-state index in [1.54, 1.807) is 0 Å². The van der Waals surface area contributed by atoms with Crippen molar-refractivity contribution in [3.05, 3.63) is 35.4 Å². The lowest BCUT2D eigenvalue weighted by atomic mass is 9.95. The Balaban J connectivity index is 1.82. The lowest BCUT2D eigenvalue weighted by Crippen LogP contribution is -2.51. The van der Waals surface area contributed by atoms with Crippen LogP contribution in [0, 0.1) is 5.92 Å². The zero-order chi connectivity index (χ0) is 17.8. The topological polar surface area (TPSA) is 35.6 Å². The lowest BCUT2D eigenvalue weighted by Gasteiger charge is -2.39. The average molecular weight is 344 g/mol. The van der Waals surface area contributed by atoms with E-state index in [0.717, 1.165) is 63.6 Å². The number of carbonyl (C=O) groups is 1. The molecular weight excluding hydrogens is 310 g/mol. The van der Waals surface area contributed by atoms with Gasteiger partial charge < -0.3 is 10.2 Å². The number of piperazine rings is 1. The van der Waals surface area contributed by atoms with Crippen LogP contribution in [0.5, 0.6) is 0 Å². The first-order valence-electron chi connectivity index (χ1n) is 9.89. The van der Waals surface area contributed by atoms with Crippen molar-refractivity contribution in [2.75, 3.05) is 39.3 Å². The minimum absolute atomic E-state index is 0.128. The SMILES string of the molecule is CC1CCN(C(=O)C(c2ccc(C(C)C)cc2)N2CCNCC2)CC1. The summed E-state index contributed by atoms with van der Waals surface area (Å²) < 4.78 is 0. The van der Waals surface area contributed by atoms with Crippen LogP contribution in [0.1, 0.15) is 56.7 Å². The van der Waals surface area contributed by atoms with Crippen molar-refractivity contribution in [3.63, 3.8) is 0 Å². The Morgan fingerprint density at radius 3 is 2.12 bits per heavy atom. The summed E-state index contributed by atoms with van der Waals surface area (Å²) in [4.78, 5) is 17.8. The molecule has 1 amide bonds. The maximum absolute atomic E-state index is 13.4. The van der Waals surface area contributed by atoms with Gasteiger partial charge in [-0.05, 0) is 35.8 Å². The summed E-state index contributed by atoms with van der Waals surface area (Å²) in [5.74, 6) is 1.56. The smallest absolute Gasteiger partial charge is 0.244 e. The second-order valence-electron chi connectivity index (χ2n) is 8.02. The summed E-state index contributed by atoms with van der Waals surface area (Å²) in [7, 11) is 0. The van der Waals surface area contributed by atoms with Crippen LogP contribution in [0.3, 0.4) is 0 Å². The van der Waals surface area contributed by atoms with Crippen LogP contribution >= 0.6 is 0 Å². The predicted octanol–water partition coefficient (Wildman–Crippen LogP) is 3.01. The van der Waals surface area contributed by atoms with Gasteiger partial charge in [0.15, 0.2) is 0 Å². The monoisotopic (exact) mass is 343 g/mol. The number of benzene rings is 1. The summed E-state index contributed by atoms with van der Waals surface area (Å²) in [5.41, 5.74) is 2.48. The molecule has 25 heavy (non-hydrogen) atoms. The molecule has 2 heterocycles. The molecule has 0 spiro atoms. The van der Waals surface area contributed by atoms with E-state index in [0.29, 0.717) is 11.8 Å². The van der Waals surface area contributed by atoms with E-state index in [1.165, 1.54) is 5.56 Å². The summed E-state index contributed by atoms with van der Waals surface area (Å²) in [5, 5.41) is 3.40. The Labute approximate surface area is 152 Å².